The Labute approximate surface area is 148 Å². The van der Waals surface area contributed by atoms with E-state index in [0.29, 0.717) is 19.5 Å². The second kappa shape index (κ2) is 6.35. The van der Waals surface area contributed by atoms with E-state index in [0.717, 1.165) is 28.1 Å². The number of hydrogen-bond acceptors (Lipinski definition) is 5. The molecule has 3 rings (SSSR count). The quantitative estimate of drug-likeness (QED) is 0.861. The lowest BCUT2D eigenvalue weighted by atomic mass is 9.97. The van der Waals surface area contributed by atoms with E-state index in [4.69, 9.17) is 10.5 Å². The lowest BCUT2D eigenvalue weighted by Crippen LogP contribution is -2.40. The zero-order chi connectivity index (χ0) is 18.2. The summed E-state index contributed by atoms with van der Waals surface area (Å²) in [6, 6.07) is 8.02. The van der Waals surface area contributed by atoms with Crippen LogP contribution < -0.4 is 5.73 Å². The summed E-state index contributed by atoms with van der Waals surface area (Å²) in [5.74, 6) is 0.266. The molecule has 2 aromatic rings. The van der Waals surface area contributed by atoms with Crippen LogP contribution in [-0.2, 0) is 17.7 Å². The standard InChI is InChI=1S/C19H24N4O2/c1-12-7-5-6-8-13(12)16-14-11-23(18(24)25-19(2,3)4)10-9-15(14)21-17(20)22-16/h5-8H,9-11H2,1-4H3,(H2,20,21,22). The second-order valence-corrected chi connectivity index (χ2v) is 7.32. The van der Waals surface area contributed by atoms with E-state index in [1.165, 1.54) is 0 Å². The summed E-state index contributed by atoms with van der Waals surface area (Å²) in [5.41, 5.74) is 10.2. The van der Waals surface area contributed by atoms with Crippen LogP contribution in [0.1, 0.15) is 37.6 Å². The SMILES string of the molecule is Cc1ccccc1-c1nc(N)nc2c1CN(C(=O)OC(C)(C)C)CC2. The zero-order valence-electron chi connectivity index (χ0n) is 15.2. The van der Waals surface area contributed by atoms with E-state index in [1.807, 2.05) is 52.0 Å². The van der Waals surface area contributed by atoms with Crippen molar-refractivity contribution >= 4 is 12.0 Å². The number of fused-ring (bicyclic) bond motifs is 1. The van der Waals surface area contributed by atoms with Gasteiger partial charge in [-0.25, -0.2) is 14.8 Å². The van der Waals surface area contributed by atoms with Crippen LogP contribution in [0, 0.1) is 6.92 Å². The fourth-order valence-electron chi connectivity index (χ4n) is 2.98. The van der Waals surface area contributed by atoms with Crippen molar-refractivity contribution in [1.82, 2.24) is 14.9 Å². The van der Waals surface area contributed by atoms with Gasteiger partial charge >= 0.3 is 6.09 Å². The van der Waals surface area contributed by atoms with Gasteiger partial charge in [-0.15, -0.1) is 0 Å². The Morgan fingerprint density at radius 3 is 2.64 bits per heavy atom. The summed E-state index contributed by atoms with van der Waals surface area (Å²) in [4.78, 5) is 23.0. The van der Waals surface area contributed by atoms with Crippen molar-refractivity contribution in [1.29, 1.82) is 0 Å². The average molecular weight is 340 g/mol. The van der Waals surface area contributed by atoms with Crippen LogP contribution in [0.3, 0.4) is 0 Å². The summed E-state index contributed by atoms with van der Waals surface area (Å²) in [6.45, 7) is 8.62. The molecule has 1 aromatic heterocycles. The van der Waals surface area contributed by atoms with Gasteiger partial charge in [0.2, 0.25) is 5.95 Å². The molecule has 1 aromatic carbocycles. The number of hydrogen-bond donors (Lipinski definition) is 1. The largest absolute Gasteiger partial charge is 0.444 e. The number of rotatable bonds is 1. The van der Waals surface area contributed by atoms with E-state index >= 15 is 0 Å². The average Bonchev–Trinajstić information content (AvgIpc) is 2.52. The van der Waals surface area contributed by atoms with Crippen molar-refractivity contribution in [3.05, 3.63) is 41.1 Å². The van der Waals surface area contributed by atoms with E-state index < -0.39 is 5.60 Å². The van der Waals surface area contributed by atoms with E-state index in [2.05, 4.69) is 9.97 Å². The van der Waals surface area contributed by atoms with Gasteiger partial charge in [-0.05, 0) is 33.3 Å². The van der Waals surface area contributed by atoms with Gasteiger partial charge in [-0.2, -0.15) is 0 Å². The summed E-state index contributed by atoms with van der Waals surface area (Å²) in [7, 11) is 0. The van der Waals surface area contributed by atoms with Crippen LogP contribution >= 0.6 is 0 Å². The predicted molar refractivity (Wildman–Crippen MR) is 97.0 cm³/mol. The van der Waals surface area contributed by atoms with Crippen molar-refractivity contribution in [3.8, 4) is 11.3 Å². The lowest BCUT2D eigenvalue weighted by molar-refractivity contribution is 0.0223. The number of amides is 1. The number of ether oxygens (including phenoxy) is 1. The maximum Gasteiger partial charge on any atom is 0.410 e. The molecule has 1 amide bonds. The van der Waals surface area contributed by atoms with Crippen LogP contribution in [0.2, 0.25) is 0 Å². The summed E-state index contributed by atoms with van der Waals surface area (Å²) < 4.78 is 5.51. The molecule has 0 saturated heterocycles. The van der Waals surface area contributed by atoms with Gasteiger partial charge in [0.25, 0.3) is 0 Å². The number of carbonyl (C=O) groups is 1. The smallest absolute Gasteiger partial charge is 0.410 e. The van der Waals surface area contributed by atoms with Gasteiger partial charge in [0.05, 0.1) is 17.9 Å². The molecule has 0 fully saturated rings. The van der Waals surface area contributed by atoms with Crippen molar-refractivity contribution < 1.29 is 9.53 Å². The highest BCUT2D eigenvalue weighted by Gasteiger charge is 2.29. The molecule has 0 aliphatic carbocycles. The number of benzene rings is 1. The van der Waals surface area contributed by atoms with E-state index in [9.17, 15) is 4.79 Å². The molecule has 0 unspecified atom stereocenters. The molecule has 6 heteroatoms. The first kappa shape index (κ1) is 17.2. The Hall–Kier alpha value is -2.63. The highest BCUT2D eigenvalue weighted by molar-refractivity contribution is 5.72. The molecule has 25 heavy (non-hydrogen) atoms. The first-order chi connectivity index (χ1) is 11.7. The third-order valence-electron chi connectivity index (χ3n) is 4.13. The first-order valence-corrected chi connectivity index (χ1v) is 8.44. The fraction of sp³-hybridized carbons (Fsp3) is 0.421. The molecule has 0 spiro atoms. The van der Waals surface area contributed by atoms with Crippen LogP contribution in [0.5, 0.6) is 0 Å². The molecule has 0 bridgehead atoms. The Morgan fingerprint density at radius 2 is 1.96 bits per heavy atom. The fourth-order valence-corrected chi connectivity index (χ4v) is 2.98. The summed E-state index contributed by atoms with van der Waals surface area (Å²) in [5, 5.41) is 0. The number of nitrogens with two attached hydrogens (primary N) is 1. The third kappa shape index (κ3) is 3.73. The number of nitrogen functional groups attached to an aromatic ring is 1. The molecular formula is C19H24N4O2. The number of aryl methyl sites for hydroxylation is 1. The minimum Gasteiger partial charge on any atom is -0.444 e. The van der Waals surface area contributed by atoms with Gasteiger partial charge in [0, 0.05) is 24.1 Å². The normalized spacial score (nSPS) is 14.2. The van der Waals surface area contributed by atoms with Gasteiger partial charge in [-0.1, -0.05) is 24.3 Å². The second-order valence-electron chi connectivity index (χ2n) is 7.32. The molecule has 0 radical (unpaired) electrons. The van der Waals surface area contributed by atoms with Crippen molar-refractivity contribution in [2.24, 2.45) is 0 Å². The molecule has 132 valence electrons. The molecule has 2 heterocycles. The molecule has 6 nitrogen and oxygen atoms in total. The van der Waals surface area contributed by atoms with Crippen LogP contribution in [-0.4, -0.2) is 33.1 Å². The number of carbonyl (C=O) groups excluding carboxylic acids is 1. The van der Waals surface area contributed by atoms with Gasteiger partial charge in [0.15, 0.2) is 0 Å². The van der Waals surface area contributed by atoms with Crippen LogP contribution in [0.15, 0.2) is 24.3 Å². The van der Waals surface area contributed by atoms with Crippen molar-refractivity contribution in [2.75, 3.05) is 12.3 Å². The molecular weight excluding hydrogens is 316 g/mol. The van der Waals surface area contributed by atoms with Crippen molar-refractivity contribution in [2.45, 2.75) is 46.3 Å². The van der Waals surface area contributed by atoms with Gasteiger partial charge in [-0.3, -0.25) is 0 Å². The molecule has 0 saturated carbocycles. The topological polar surface area (TPSA) is 81.3 Å². The number of aromatic nitrogens is 2. The van der Waals surface area contributed by atoms with Crippen molar-refractivity contribution in [3.63, 3.8) is 0 Å². The Bertz CT molecular complexity index is 812. The lowest BCUT2D eigenvalue weighted by Gasteiger charge is -2.31. The summed E-state index contributed by atoms with van der Waals surface area (Å²) >= 11 is 0. The Morgan fingerprint density at radius 1 is 1.24 bits per heavy atom. The molecule has 0 atom stereocenters. The third-order valence-corrected chi connectivity index (χ3v) is 4.13. The number of anilines is 1. The van der Waals surface area contributed by atoms with Gasteiger partial charge < -0.3 is 15.4 Å². The predicted octanol–water partition coefficient (Wildman–Crippen LogP) is 3.33. The van der Waals surface area contributed by atoms with Gasteiger partial charge in [0.1, 0.15) is 5.60 Å². The highest BCUT2D eigenvalue weighted by atomic mass is 16.6. The molecule has 2 N–H and O–H groups in total. The van der Waals surface area contributed by atoms with Crippen LogP contribution in [0.4, 0.5) is 10.7 Å². The maximum absolute atomic E-state index is 12.4. The minimum absolute atomic E-state index is 0.266. The minimum atomic E-state index is -0.520. The summed E-state index contributed by atoms with van der Waals surface area (Å²) in [6.07, 6.45) is 0.325. The van der Waals surface area contributed by atoms with E-state index in [1.54, 1.807) is 4.90 Å². The zero-order valence-corrected chi connectivity index (χ0v) is 15.2. The molecule has 1 aliphatic rings. The van der Waals surface area contributed by atoms with Crippen LogP contribution in [0.25, 0.3) is 11.3 Å². The first-order valence-electron chi connectivity index (χ1n) is 8.44. The Balaban J connectivity index is 1.99. The van der Waals surface area contributed by atoms with E-state index in [-0.39, 0.29) is 12.0 Å². The molecule has 1 aliphatic heterocycles. The monoisotopic (exact) mass is 340 g/mol. The highest BCUT2D eigenvalue weighted by Crippen LogP contribution is 2.31. The maximum atomic E-state index is 12.4. The number of nitrogens with zero attached hydrogens (tertiary/aromatic N) is 3. The Kier molecular flexibility index (Phi) is 4.37.